The van der Waals surface area contributed by atoms with E-state index in [1.54, 1.807) is 6.92 Å². The van der Waals surface area contributed by atoms with E-state index in [0.29, 0.717) is 5.69 Å². The highest BCUT2D eigenvalue weighted by Crippen LogP contribution is 2.28. The lowest BCUT2D eigenvalue weighted by molar-refractivity contribution is -0.137. The third-order valence-corrected chi connectivity index (χ3v) is 2.88. The molecule has 0 aliphatic rings. The number of carbonyl (C=O) groups is 1. The second-order valence-corrected chi connectivity index (χ2v) is 3.75. The summed E-state index contributed by atoms with van der Waals surface area (Å²) in [6.07, 6.45) is -2.80. The molecule has 1 heterocycles. The van der Waals surface area contributed by atoms with Gasteiger partial charge in [-0.2, -0.15) is 5.10 Å². The smallest absolute Gasteiger partial charge is 0.305 e. The van der Waals surface area contributed by atoms with Gasteiger partial charge in [-0.3, -0.25) is 9.48 Å². The van der Waals surface area contributed by atoms with Crippen LogP contribution in [-0.2, 0) is 11.3 Å². The minimum atomic E-state index is -2.66. The number of aromatic nitrogens is 2. The van der Waals surface area contributed by atoms with Crippen LogP contribution in [0.4, 0.5) is 8.78 Å². The van der Waals surface area contributed by atoms with Crippen molar-refractivity contribution in [2.45, 2.75) is 26.3 Å². The summed E-state index contributed by atoms with van der Waals surface area (Å²) in [5.41, 5.74) is 0.157. The van der Waals surface area contributed by atoms with E-state index in [2.05, 4.69) is 21.0 Å². The van der Waals surface area contributed by atoms with Gasteiger partial charge in [0.25, 0.3) is 6.43 Å². The van der Waals surface area contributed by atoms with Crippen LogP contribution in [0, 0.1) is 6.92 Å². The van der Waals surface area contributed by atoms with Crippen LogP contribution in [0.2, 0.25) is 0 Å². The van der Waals surface area contributed by atoms with Crippen molar-refractivity contribution in [1.29, 1.82) is 0 Å². The van der Waals surface area contributed by atoms with Gasteiger partial charge >= 0.3 is 5.97 Å². The molecule has 1 rings (SSSR count). The van der Waals surface area contributed by atoms with Crippen LogP contribution in [0.3, 0.4) is 0 Å². The van der Waals surface area contributed by atoms with Gasteiger partial charge in [-0.15, -0.1) is 0 Å². The first-order valence-electron chi connectivity index (χ1n) is 4.16. The Hall–Kier alpha value is -0.980. The molecule has 1 aromatic heterocycles. The third kappa shape index (κ3) is 2.74. The molecule has 0 radical (unpaired) electrons. The number of aryl methyl sites for hydroxylation is 1. The summed E-state index contributed by atoms with van der Waals surface area (Å²) in [5.74, 6) is -0.986. The molecule has 1 N–H and O–H groups in total. The zero-order valence-corrected chi connectivity index (χ0v) is 9.46. The minimum absolute atomic E-state index is 0.0898. The highest BCUT2D eigenvalue weighted by atomic mass is 79.9. The topological polar surface area (TPSA) is 55.1 Å². The summed E-state index contributed by atoms with van der Waals surface area (Å²) in [6.45, 7) is 1.69. The van der Waals surface area contributed by atoms with E-state index in [4.69, 9.17) is 5.11 Å². The summed E-state index contributed by atoms with van der Waals surface area (Å²) in [5, 5.41) is 12.1. The molecule has 84 valence electrons. The SMILES string of the molecule is Cc1c(Br)c(C(F)F)nn1CCC(=O)O. The Labute approximate surface area is 93.0 Å². The molecule has 0 saturated heterocycles. The molecule has 0 fully saturated rings. The Morgan fingerprint density at radius 2 is 2.27 bits per heavy atom. The zero-order valence-electron chi connectivity index (χ0n) is 7.88. The fraction of sp³-hybridized carbons (Fsp3) is 0.500. The molecular weight excluding hydrogens is 274 g/mol. The number of hydrogen-bond acceptors (Lipinski definition) is 2. The number of nitrogens with zero attached hydrogens (tertiary/aromatic N) is 2. The fourth-order valence-electron chi connectivity index (χ4n) is 1.11. The van der Waals surface area contributed by atoms with Gasteiger partial charge in [-0.05, 0) is 22.9 Å². The van der Waals surface area contributed by atoms with Crippen molar-refractivity contribution in [2.24, 2.45) is 0 Å². The van der Waals surface area contributed by atoms with Gasteiger partial charge in [0.05, 0.1) is 23.1 Å². The predicted octanol–water partition coefficient (Wildman–Crippen LogP) is 2.37. The molecule has 0 saturated carbocycles. The Bertz CT molecular complexity index is 379. The molecule has 0 amide bonds. The Morgan fingerprint density at radius 1 is 1.67 bits per heavy atom. The molecule has 15 heavy (non-hydrogen) atoms. The molecule has 7 heteroatoms. The molecule has 0 spiro atoms. The summed E-state index contributed by atoms with van der Waals surface area (Å²) in [6, 6.07) is 0. The van der Waals surface area contributed by atoms with Gasteiger partial charge in [0.15, 0.2) is 0 Å². The van der Waals surface area contributed by atoms with Crippen molar-refractivity contribution >= 4 is 21.9 Å². The van der Waals surface area contributed by atoms with E-state index >= 15 is 0 Å². The highest BCUT2D eigenvalue weighted by molar-refractivity contribution is 9.10. The first-order chi connectivity index (χ1) is 6.93. The average Bonchev–Trinajstić information content (AvgIpc) is 2.41. The van der Waals surface area contributed by atoms with Crippen LogP contribution < -0.4 is 0 Å². The molecule has 0 bridgehead atoms. The van der Waals surface area contributed by atoms with E-state index in [1.165, 1.54) is 4.68 Å². The number of hydrogen-bond donors (Lipinski definition) is 1. The maximum absolute atomic E-state index is 12.4. The van der Waals surface area contributed by atoms with Crippen molar-refractivity contribution in [1.82, 2.24) is 9.78 Å². The number of aliphatic carboxylic acids is 1. The summed E-state index contributed by atoms with van der Waals surface area (Å²) < 4.78 is 26.3. The van der Waals surface area contributed by atoms with Gasteiger partial charge in [-0.25, -0.2) is 8.78 Å². The number of halogens is 3. The molecule has 4 nitrogen and oxygen atoms in total. The van der Waals surface area contributed by atoms with E-state index < -0.39 is 12.4 Å². The summed E-state index contributed by atoms with van der Waals surface area (Å²) >= 11 is 3.00. The van der Waals surface area contributed by atoms with Crippen molar-refractivity contribution in [3.8, 4) is 0 Å². The summed E-state index contributed by atoms with van der Waals surface area (Å²) in [7, 11) is 0. The minimum Gasteiger partial charge on any atom is -0.481 e. The number of alkyl halides is 2. The lowest BCUT2D eigenvalue weighted by Gasteiger charge is -2.00. The molecule has 0 unspecified atom stereocenters. The Kier molecular flexibility index (Phi) is 3.78. The van der Waals surface area contributed by atoms with Gasteiger partial charge < -0.3 is 5.11 Å². The molecule has 0 aliphatic heterocycles. The van der Waals surface area contributed by atoms with Crippen LogP contribution in [0.1, 0.15) is 24.2 Å². The number of carboxylic acid groups (broad SMARTS) is 1. The third-order valence-electron chi connectivity index (χ3n) is 1.90. The lowest BCUT2D eigenvalue weighted by Crippen LogP contribution is -2.07. The van der Waals surface area contributed by atoms with Gasteiger partial charge in [0.2, 0.25) is 0 Å². The monoisotopic (exact) mass is 282 g/mol. The quantitative estimate of drug-likeness (QED) is 0.922. The van der Waals surface area contributed by atoms with Crippen molar-refractivity contribution in [3.05, 3.63) is 15.9 Å². The second kappa shape index (κ2) is 4.69. The van der Waals surface area contributed by atoms with Crippen molar-refractivity contribution in [3.63, 3.8) is 0 Å². The van der Waals surface area contributed by atoms with Gasteiger partial charge in [-0.1, -0.05) is 0 Å². The maximum Gasteiger partial charge on any atom is 0.305 e. The Balaban J connectivity index is 2.90. The second-order valence-electron chi connectivity index (χ2n) is 2.95. The predicted molar refractivity (Wildman–Crippen MR) is 51.9 cm³/mol. The van der Waals surface area contributed by atoms with Crippen molar-refractivity contribution in [2.75, 3.05) is 0 Å². The van der Waals surface area contributed by atoms with Crippen molar-refractivity contribution < 1.29 is 18.7 Å². The average molecular weight is 283 g/mol. The Morgan fingerprint density at radius 3 is 2.67 bits per heavy atom. The normalized spacial score (nSPS) is 11.0. The molecule has 0 aliphatic carbocycles. The van der Waals surface area contributed by atoms with Gasteiger partial charge in [0, 0.05) is 0 Å². The van der Waals surface area contributed by atoms with Gasteiger partial charge in [0.1, 0.15) is 5.69 Å². The molecular formula is C8H9BrF2N2O2. The zero-order chi connectivity index (χ0) is 11.6. The van der Waals surface area contributed by atoms with E-state index in [9.17, 15) is 13.6 Å². The fourth-order valence-corrected chi connectivity index (χ4v) is 1.56. The summed E-state index contributed by atoms with van der Waals surface area (Å²) in [4.78, 5) is 10.3. The lowest BCUT2D eigenvalue weighted by atomic mass is 10.3. The van der Waals surface area contributed by atoms with Crippen LogP contribution in [0.25, 0.3) is 0 Å². The van der Waals surface area contributed by atoms with Crippen LogP contribution in [0.5, 0.6) is 0 Å². The standard InChI is InChI=1S/C8H9BrF2N2O2/c1-4-6(9)7(8(10)11)12-13(4)3-2-5(14)15/h8H,2-3H2,1H3,(H,14,15). The first kappa shape index (κ1) is 12.1. The van der Waals surface area contributed by atoms with Crippen LogP contribution >= 0.6 is 15.9 Å². The van der Waals surface area contributed by atoms with Crippen LogP contribution in [0.15, 0.2) is 4.47 Å². The molecule has 0 atom stereocenters. The van der Waals surface area contributed by atoms with E-state index in [-0.39, 0.29) is 23.1 Å². The van der Waals surface area contributed by atoms with Crippen LogP contribution in [-0.4, -0.2) is 20.9 Å². The molecule has 1 aromatic rings. The number of carboxylic acids is 1. The van der Waals surface area contributed by atoms with E-state index in [0.717, 1.165) is 0 Å². The molecule has 0 aromatic carbocycles. The maximum atomic E-state index is 12.4. The largest absolute Gasteiger partial charge is 0.481 e. The first-order valence-corrected chi connectivity index (χ1v) is 4.95. The highest BCUT2D eigenvalue weighted by Gasteiger charge is 2.20. The number of rotatable bonds is 4. The van der Waals surface area contributed by atoms with E-state index in [1.807, 2.05) is 0 Å².